The molecular formula is C9H11ClN2O2. The summed E-state index contributed by atoms with van der Waals surface area (Å²) in [6.45, 7) is 0. The minimum absolute atomic E-state index is 0.0874. The molecular weight excluding hydrogens is 204 g/mol. The van der Waals surface area contributed by atoms with E-state index in [1.165, 1.54) is 19.5 Å². The Bertz CT molecular complexity index is 317. The predicted molar refractivity (Wildman–Crippen MR) is 52.9 cm³/mol. The average molecular weight is 215 g/mol. The third kappa shape index (κ3) is 2.67. The van der Waals surface area contributed by atoms with Crippen LogP contribution in [-0.4, -0.2) is 28.7 Å². The lowest BCUT2D eigenvalue weighted by molar-refractivity contribution is 0.0973. The summed E-state index contributed by atoms with van der Waals surface area (Å²) in [5.74, 6) is 0.650. The van der Waals surface area contributed by atoms with Gasteiger partial charge in [-0.15, -0.1) is 11.6 Å². The van der Waals surface area contributed by atoms with Crippen LogP contribution < -0.4 is 4.74 Å². The fraction of sp³-hybridized carbons (Fsp3) is 0.444. The normalized spacial score (nSPS) is 9.86. The van der Waals surface area contributed by atoms with Crippen LogP contribution in [0.5, 0.6) is 5.88 Å². The van der Waals surface area contributed by atoms with Crippen molar-refractivity contribution in [1.82, 2.24) is 9.97 Å². The first-order valence-electron chi connectivity index (χ1n) is 4.23. The number of hydrogen-bond acceptors (Lipinski definition) is 4. The molecule has 0 fully saturated rings. The quantitative estimate of drug-likeness (QED) is 0.553. The highest BCUT2D eigenvalue weighted by atomic mass is 35.5. The molecule has 0 aliphatic rings. The van der Waals surface area contributed by atoms with Gasteiger partial charge in [0.05, 0.1) is 7.11 Å². The number of ketones is 1. The second kappa shape index (κ2) is 5.54. The average Bonchev–Trinajstić information content (AvgIpc) is 2.25. The topological polar surface area (TPSA) is 52.1 Å². The van der Waals surface area contributed by atoms with Crippen LogP contribution in [0, 0.1) is 0 Å². The maximum absolute atomic E-state index is 11.5. The van der Waals surface area contributed by atoms with Crippen molar-refractivity contribution in [1.29, 1.82) is 0 Å². The molecule has 0 saturated heterocycles. The summed E-state index contributed by atoms with van der Waals surface area (Å²) >= 11 is 5.49. The smallest absolute Gasteiger partial charge is 0.243 e. The lowest BCUT2D eigenvalue weighted by Gasteiger charge is -2.03. The first kappa shape index (κ1) is 10.9. The van der Waals surface area contributed by atoms with Gasteiger partial charge in [-0.2, -0.15) is 0 Å². The molecule has 0 aliphatic carbocycles. The zero-order chi connectivity index (χ0) is 10.4. The summed E-state index contributed by atoms with van der Waals surface area (Å²) in [4.78, 5) is 19.4. The van der Waals surface area contributed by atoms with Gasteiger partial charge in [-0.05, 0) is 6.42 Å². The molecule has 1 heterocycles. The highest BCUT2D eigenvalue weighted by Gasteiger charge is 2.13. The van der Waals surface area contributed by atoms with Crippen molar-refractivity contribution in [3.63, 3.8) is 0 Å². The number of hydrogen-bond donors (Lipinski definition) is 0. The number of carbonyl (C=O) groups is 1. The molecule has 1 aromatic rings. The van der Waals surface area contributed by atoms with Crippen molar-refractivity contribution >= 4 is 17.4 Å². The third-order valence-corrected chi connectivity index (χ3v) is 1.93. The Morgan fingerprint density at radius 2 is 2.21 bits per heavy atom. The van der Waals surface area contributed by atoms with E-state index < -0.39 is 0 Å². The minimum Gasteiger partial charge on any atom is -0.479 e. The van der Waals surface area contributed by atoms with Gasteiger partial charge in [0, 0.05) is 24.7 Å². The Morgan fingerprint density at radius 3 is 2.86 bits per heavy atom. The minimum atomic E-state index is -0.0874. The molecule has 0 aliphatic heterocycles. The van der Waals surface area contributed by atoms with E-state index in [0.29, 0.717) is 18.7 Å². The molecule has 5 heteroatoms. The first-order valence-corrected chi connectivity index (χ1v) is 4.77. The summed E-state index contributed by atoms with van der Waals surface area (Å²) in [6, 6.07) is 0. The molecule has 4 nitrogen and oxygen atoms in total. The van der Waals surface area contributed by atoms with Gasteiger partial charge in [0.2, 0.25) is 5.88 Å². The Balaban J connectivity index is 2.78. The van der Waals surface area contributed by atoms with Crippen LogP contribution in [0.3, 0.4) is 0 Å². The number of Topliss-reactive ketones (excluding diaryl/α,β-unsaturated/α-hetero) is 1. The molecule has 0 saturated carbocycles. The van der Waals surface area contributed by atoms with Crippen LogP contribution in [0.1, 0.15) is 23.3 Å². The van der Waals surface area contributed by atoms with E-state index in [4.69, 9.17) is 16.3 Å². The number of nitrogens with zero attached hydrogens (tertiary/aromatic N) is 2. The Hall–Kier alpha value is -1.16. The molecule has 0 bridgehead atoms. The summed E-state index contributed by atoms with van der Waals surface area (Å²) in [5, 5.41) is 0. The standard InChI is InChI=1S/C9H11ClN2O2/c1-14-9-8(11-5-6-12-9)7(13)3-2-4-10/h5-6H,2-4H2,1H3. The van der Waals surface area contributed by atoms with Gasteiger partial charge in [0.1, 0.15) is 0 Å². The summed E-state index contributed by atoms with van der Waals surface area (Å²) < 4.78 is 4.92. The molecule has 0 N–H and O–H groups in total. The van der Waals surface area contributed by atoms with Crippen LogP contribution in [0.4, 0.5) is 0 Å². The van der Waals surface area contributed by atoms with Crippen molar-refractivity contribution in [3.05, 3.63) is 18.1 Å². The maximum Gasteiger partial charge on any atom is 0.243 e. The molecule has 1 aromatic heterocycles. The van der Waals surface area contributed by atoms with E-state index in [9.17, 15) is 4.79 Å². The molecule has 0 spiro atoms. The number of aromatic nitrogens is 2. The van der Waals surface area contributed by atoms with E-state index in [1.54, 1.807) is 0 Å². The number of halogens is 1. The van der Waals surface area contributed by atoms with Crippen LogP contribution >= 0.6 is 11.6 Å². The molecule has 0 radical (unpaired) electrons. The van der Waals surface area contributed by atoms with Gasteiger partial charge in [-0.1, -0.05) is 0 Å². The van der Waals surface area contributed by atoms with Gasteiger partial charge in [0.15, 0.2) is 11.5 Å². The lowest BCUT2D eigenvalue weighted by Crippen LogP contribution is -2.06. The van der Waals surface area contributed by atoms with Gasteiger partial charge in [-0.25, -0.2) is 9.97 Å². The van der Waals surface area contributed by atoms with Crippen molar-refractivity contribution in [2.75, 3.05) is 13.0 Å². The Kier molecular flexibility index (Phi) is 4.32. The number of rotatable bonds is 5. The maximum atomic E-state index is 11.5. The Labute approximate surface area is 87.3 Å². The largest absolute Gasteiger partial charge is 0.479 e. The number of alkyl halides is 1. The predicted octanol–water partition coefficient (Wildman–Crippen LogP) is 1.69. The molecule has 0 amide bonds. The fourth-order valence-corrected chi connectivity index (χ4v) is 1.15. The van der Waals surface area contributed by atoms with Crippen LogP contribution in [0.15, 0.2) is 12.4 Å². The zero-order valence-corrected chi connectivity index (χ0v) is 8.62. The monoisotopic (exact) mass is 214 g/mol. The van der Waals surface area contributed by atoms with Crippen molar-refractivity contribution in [2.45, 2.75) is 12.8 Å². The van der Waals surface area contributed by atoms with Crippen molar-refractivity contribution < 1.29 is 9.53 Å². The van der Waals surface area contributed by atoms with E-state index in [-0.39, 0.29) is 17.4 Å². The van der Waals surface area contributed by atoms with E-state index in [1.807, 2.05) is 0 Å². The molecule has 0 atom stereocenters. The van der Waals surface area contributed by atoms with Gasteiger partial charge >= 0.3 is 0 Å². The third-order valence-electron chi connectivity index (χ3n) is 1.66. The second-order valence-corrected chi connectivity index (χ2v) is 3.01. The molecule has 1 rings (SSSR count). The summed E-state index contributed by atoms with van der Waals surface area (Å²) in [7, 11) is 1.46. The molecule has 0 unspecified atom stereocenters. The highest BCUT2D eigenvalue weighted by Crippen LogP contribution is 2.13. The number of methoxy groups -OCH3 is 1. The zero-order valence-electron chi connectivity index (χ0n) is 7.86. The van der Waals surface area contributed by atoms with E-state index >= 15 is 0 Å². The SMILES string of the molecule is COc1nccnc1C(=O)CCCCl. The summed E-state index contributed by atoms with van der Waals surface area (Å²) in [5.41, 5.74) is 0.278. The van der Waals surface area contributed by atoms with Crippen molar-refractivity contribution in [3.8, 4) is 5.88 Å². The van der Waals surface area contributed by atoms with Crippen LogP contribution in [-0.2, 0) is 0 Å². The summed E-state index contributed by atoms with van der Waals surface area (Å²) in [6.07, 6.45) is 3.96. The second-order valence-electron chi connectivity index (χ2n) is 2.63. The van der Waals surface area contributed by atoms with Gasteiger partial charge in [-0.3, -0.25) is 4.79 Å². The van der Waals surface area contributed by atoms with E-state index in [0.717, 1.165) is 0 Å². The van der Waals surface area contributed by atoms with Crippen LogP contribution in [0.2, 0.25) is 0 Å². The highest BCUT2D eigenvalue weighted by molar-refractivity contribution is 6.18. The lowest BCUT2D eigenvalue weighted by atomic mass is 10.2. The molecule has 0 aromatic carbocycles. The van der Waals surface area contributed by atoms with Gasteiger partial charge < -0.3 is 4.74 Å². The first-order chi connectivity index (χ1) is 6.79. The van der Waals surface area contributed by atoms with Gasteiger partial charge in [0.25, 0.3) is 0 Å². The molecule has 14 heavy (non-hydrogen) atoms. The number of ether oxygens (including phenoxy) is 1. The fourth-order valence-electron chi connectivity index (χ4n) is 1.01. The Morgan fingerprint density at radius 1 is 1.50 bits per heavy atom. The molecule has 76 valence electrons. The van der Waals surface area contributed by atoms with Crippen molar-refractivity contribution in [2.24, 2.45) is 0 Å². The number of carbonyl (C=O) groups excluding carboxylic acids is 1. The van der Waals surface area contributed by atoms with Crippen LogP contribution in [0.25, 0.3) is 0 Å². The van der Waals surface area contributed by atoms with E-state index in [2.05, 4.69) is 9.97 Å².